The van der Waals surface area contributed by atoms with Crippen LogP contribution in [0.25, 0.3) is 6.08 Å². The third-order valence-electron chi connectivity index (χ3n) is 4.42. The van der Waals surface area contributed by atoms with Crippen molar-refractivity contribution in [3.05, 3.63) is 52.7 Å². The summed E-state index contributed by atoms with van der Waals surface area (Å²) in [4.78, 5) is 14.2. The lowest BCUT2D eigenvalue weighted by molar-refractivity contribution is -0.127. The molecule has 0 bridgehead atoms. The summed E-state index contributed by atoms with van der Waals surface area (Å²) in [6.07, 6.45) is 5.03. The molecule has 132 valence electrons. The SMILES string of the molecule is CC(C)c1nnc(C2CCN(C(=O)/C=C/c3ccccc3Cl)CC2)o1. The number of hydrogen-bond acceptors (Lipinski definition) is 4. The number of nitrogens with zero attached hydrogens (tertiary/aromatic N) is 3. The van der Waals surface area contributed by atoms with E-state index in [1.165, 1.54) is 0 Å². The van der Waals surface area contributed by atoms with Crippen molar-refractivity contribution in [2.75, 3.05) is 13.1 Å². The minimum atomic E-state index is 0.00627. The normalized spacial score (nSPS) is 16.1. The number of likely N-dealkylation sites (tertiary alicyclic amines) is 1. The van der Waals surface area contributed by atoms with E-state index in [0.29, 0.717) is 29.9 Å². The van der Waals surface area contributed by atoms with Crippen LogP contribution in [0.1, 0.15) is 55.9 Å². The number of benzene rings is 1. The molecule has 2 aromatic rings. The zero-order chi connectivity index (χ0) is 17.8. The maximum atomic E-state index is 12.4. The van der Waals surface area contributed by atoms with Gasteiger partial charge in [-0.15, -0.1) is 10.2 Å². The fourth-order valence-corrected chi connectivity index (χ4v) is 3.07. The minimum Gasteiger partial charge on any atom is -0.425 e. The van der Waals surface area contributed by atoms with Crippen molar-refractivity contribution in [3.63, 3.8) is 0 Å². The van der Waals surface area contributed by atoms with Crippen LogP contribution in [0.5, 0.6) is 0 Å². The molecule has 0 spiro atoms. The van der Waals surface area contributed by atoms with Gasteiger partial charge in [-0.2, -0.15) is 0 Å². The molecule has 6 heteroatoms. The topological polar surface area (TPSA) is 59.2 Å². The smallest absolute Gasteiger partial charge is 0.246 e. The summed E-state index contributed by atoms with van der Waals surface area (Å²) in [6, 6.07) is 7.47. The van der Waals surface area contributed by atoms with E-state index < -0.39 is 0 Å². The van der Waals surface area contributed by atoms with Crippen LogP contribution in [0, 0.1) is 0 Å². The Morgan fingerprint density at radius 2 is 2.00 bits per heavy atom. The monoisotopic (exact) mass is 359 g/mol. The number of amides is 1. The first-order valence-electron chi connectivity index (χ1n) is 8.59. The van der Waals surface area contributed by atoms with Gasteiger partial charge in [-0.25, -0.2) is 0 Å². The molecule has 1 aromatic carbocycles. The van der Waals surface area contributed by atoms with Gasteiger partial charge in [0.1, 0.15) is 0 Å². The van der Waals surface area contributed by atoms with E-state index in [-0.39, 0.29) is 17.7 Å². The lowest BCUT2D eigenvalue weighted by Crippen LogP contribution is -2.36. The lowest BCUT2D eigenvalue weighted by atomic mass is 9.97. The molecule has 3 rings (SSSR count). The Labute approximate surface area is 152 Å². The molecule has 0 saturated carbocycles. The van der Waals surface area contributed by atoms with Crippen molar-refractivity contribution in [1.82, 2.24) is 15.1 Å². The molecule has 2 heterocycles. The van der Waals surface area contributed by atoms with E-state index in [0.717, 1.165) is 18.4 Å². The predicted molar refractivity (Wildman–Crippen MR) is 97.4 cm³/mol. The van der Waals surface area contributed by atoms with E-state index in [2.05, 4.69) is 10.2 Å². The molecular weight excluding hydrogens is 338 g/mol. The minimum absolute atomic E-state index is 0.00627. The summed E-state index contributed by atoms with van der Waals surface area (Å²) < 4.78 is 5.74. The summed E-state index contributed by atoms with van der Waals surface area (Å²) in [5.41, 5.74) is 0.847. The van der Waals surface area contributed by atoms with Crippen molar-refractivity contribution in [2.24, 2.45) is 0 Å². The highest BCUT2D eigenvalue weighted by Crippen LogP contribution is 2.28. The van der Waals surface area contributed by atoms with Gasteiger partial charge in [-0.05, 0) is 30.5 Å². The van der Waals surface area contributed by atoms with Gasteiger partial charge in [-0.1, -0.05) is 43.6 Å². The van der Waals surface area contributed by atoms with Crippen LogP contribution >= 0.6 is 11.6 Å². The van der Waals surface area contributed by atoms with Gasteiger partial charge >= 0.3 is 0 Å². The highest BCUT2D eigenvalue weighted by Gasteiger charge is 2.26. The Morgan fingerprint density at radius 1 is 1.28 bits per heavy atom. The Morgan fingerprint density at radius 3 is 2.64 bits per heavy atom. The molecule has 1 aromatic heterocycles. The first-order chi connectivity index (χ1) is 12.0. The van der Waals surface area contributed by atoms with Crippen LogP contribution in [0.4, 0.5) is 0 Å². The quantitative estimate of drug-likeness (QED) is 0.765. The molecule has 1 saturated heterocycles. The molecule has 0 unspecified atom stereocenters. The van der Waals surface area contributed by atoms with Crippen LogP contribution in [0.2, 0.25) is 5.02 Å². The van der Waals surface area contributed by atoms with Crippen molar-refractivity contribution >= 4 is 23.6 Å². The fraction of sp³-hybridized carbons (Fsp3) is 0.421. The van der Waals surface area contributed by atoms with Gasteiger partial charge in [0.05, 0.1) is 0 Å². The molecule has 1 fully saturated rings. The average Bonchev–Trinajstić information content (AvgIpc) is 3.11. The zero-order valence-electron chi connectivity index (χ0n) is 14.5. The molecular formula is C19H22ClN3O2. The predicted octanol–water partition coefficient (Wildman–Crippen LogP) is 4.27. The van der Waals surface area contributed by atoms with Crippen LogP contribution in [0.3, 0.4) is 0 Å². The van der Waals surface area contributed by atoms with Crippen LogP contribution in [0.15, 0.2) is 34.8 Å². The second-order valence-electron chi connectivity index (χ2n) is 6.59. The molecule has 0 radical (unpaired) electrons. The maximum absolute atomic E-state index is 12.4. The van der Waals surface area contributed by atoms with Crippen LogP contribution < -0.4 is 0 Å². The standard InChI is InChI=1S/C19H22ClN3O2/c1-13(2)18-21-22-19(25-18)15-9-11-23(12-10-15)17(24)8-7-14-5-3-4-6-16(14)20/h3-8,13,15H,9-12H2,1-2H3/b8-7+. The van der Waals surface area contributed by atoms with E-state index in [1.54, 1.807) is 12.2 Å². The average molecular weight is 360 g/mol. The number of aromatic nitrogens is 2. The van der Waals surface area contributed by atoms with Crippen LogP contribution in [-0.4, -0.2) is 34.1 Å². The van der Waals surface area contributed by atoms with E-state index in [1.807, 2.05) is 43.0 Å². The van der Waals surface area contributed by atoms with Gasteiger partial charge in [0, 0.05) is 36.0 Å². The highest BCUT2D eigenvalue weighted by molar-refractivity contribution is 6.32. The van der Waals surface area contributed by atoms with E-state index in [9.17, 15) is 4.79 Å². The Bertz CT molecular complexity index is 762. The maximum Gasteiger partial charge on any atom is 0.246 e. The molecule has 25 heavy (non-hydrogen) atoms. The summed E-state index contributed by atoms with van der Waals surface area (Å²) in [5.74, 6) is 1.85. The Hall–Kier alpha value is -2.14. The van der Waals surface area contributed by atoms with Crippen molar-refractivity contribution < 1.29 is 9.21 Å². The first kappa shape index (κ1) is 17.7. The van der Waals surface area contributed by atoms with Gasteiger partial charge in [0.2, 0.25) is 17.7 Å². The largest absolute Gasteiger partial charge is 0.425 e. The van der Waals surface area contributed by atoms with E-state index in [4.69, 9.17) is 16.0 Å². The van der Waals surface area contributed by atoms with Crippen molar-refractivity contribution in [1.29, 1.82) is 0 Å². The van der Waals surface area contributed by atoms with E-state index >= 15 is 0 Å². The molecule has 1 aliphatic rings. The number of carbonyl (C=O) groups excluding carboxylic acids is 1. The second kappa shape index (κ2) is 7.83. The zero-order valence-corrected chi connectivity index (χ0v) is 15.2. The number of hydrogen-bond donors (Lipinski definition) is 0. The van der Waals surface area contributed by atoms with Gasteiger partial charge in [0.15, 0.2) is 0 Å². The Balaban J connectivity index is 1.56. The van der Waals surface area contributed by atoms with Crippen molar-refractivity contribution in [2.45, 2.75) is 38.5 Å². The summed E-state index contributed by atoms with van der Waals surface area (Å²) in [5, 5.41) is 8.90. The molecule has 0 atom stereocenters. The Kier molecular flexibility index (Phi) is 5.53. The van der Waals surface area contributed by atoms with Crippen LogP contribution in [-0.2, 0) is 4.79 Å². The number of halogens is 1. The summed E-state index contributed by atoms with van der Waals surface area (Å²) in [7, 11) is 0. The highest BCUT2D eigenvalue weighted by atomic mass is 35.5. The van der Waals surface area contributed by atoms with Gasteiger partial charge in [0.25, 0.3) is 0 Å². The third kappa shape index (κ3) is 4.28. The fourth-order valence-electron chi connectivity index (χ4n) is 2.87. The molecule has 1 amide bonds. The number of piperidine rings is 1. The summed E-state index contributed by atoms with van der Waals surface area (Å²) in [6.45, 7) is 5.44. The molecule has 1 aliphatic heterocycles. The first-order valence-corrected chi connectivity index (χ1v) is 8.97. The number of carbonyl (C=O) groups is 1. The van der Waals surface area contributed by atoms with Gasteiger partial charge in [-0.3, -0.25) is 4.79 Å². The third-order valence-corrected chi connectivity index (χ3v) is 4.76. The van der Waals surface area contributed by atoms with Crippen molar-refractivity contribution in [3.8, 4) is 0 Å². The molecule has 0 aliphatic carbocycles. The molecule has 5 nitrogen and oxygen atoms in total. The summed E-state index contributed by atoms with van der Waals surface area (Å²) >= 11 is 6.11. The van der Waals surface area contributed by atoms with Gasteiger partial charge < -0.3 is 9.32 Å². The lowest BCUT2D eigenvalue weighted by Gasteiger charge is -2.29. The second-order valence-corrected chi connectivity index (χ2v) is 6.99. The number of rotatable bonds is 4. The molecule has 0 N–H and O–H groups in total.